The van der Waals surface area contributed by atoms with Crippen LogP contribution in [0.3, 0.4) is 0 Å². The molecule has 2 N–H and O–H groups in total. The fraction of sp³-hybridized carbons (Fsp3) is 0.167. The van der Waals surface area contributed by atoms with Crippen LogP contribution < -0.4 is 0 Å². The molecule has 0 amide bonds. The van der Waals surface area contributed by atoms with E-state index in [-0.39, 0.29) is 16.5 Å². The second-order valence-corrected chi connectivity index (χ2v) is 4.06. The molecule has 0 saturated carbocycles. The van der Waals surface area contributed by atoms with Gasteiger partial charge in [-0.15, -0.1) is 0 Å². The summed E-state index contributed by atoms with van der Waals surface area (Å²) in [7, 11) is 0. The van der Waals surface area contributed by atoms with E-state index in [1.54, 1.807) is 19.1 Å². The van der Waals surface area contributed by atoms with E-state index in [2.05, 4.69) is 5.10 Å². The summed E-state index contributed by atoms with van der Waals surface area (Å²) in [4.78, 5) is 11.1. The zero-order chi connectivity index (χ0) is 13.3. The van der Waals surface area contributed by atoms with E-state index >= 15 is 0 Å². The van der Waals surface area contributed by atoms with Crippen molar-refractivity contribution in [1.82, 2.24) is 9.78 Å². The third-order valence-electron chi connectivity index (χ3n) is 2.52. The predicted molar refractivity (Wildman–Crippen MR) is 66.6 cm³/mol. The summed E-state index contributed by atoms with van der Waals surface area (Å²) < 4.78 is 1.31. The highest BCUT2D eigenvalue weighted by Crippen LogP contribution is 2.25. The highest BCUT2D eigenvalue weighted by atomic mass is 35.5. The molecule has 0 aliphatic carbocycles. The number of halogens is 1. The van der Waals surface area contributed by atoms with Gasteiger partial charge in [0.15, 0.2) is 0 Å². The Morgan fingerprint density at radius 2 is 2.22 bits per heavy atom. The van der Waals surface area contributed by atoms with Crippen molar-refractivity contribution in [3.63, 3.8) is 0 Å². The van der Waals surface area contributed by atoms with Gasteiger partial charge in [-0.05, 0) is 18.6 Å². The van der Waals surface area contributed by atoms with Crippen LogP contribution in [-0.2, 0) is 6.42 Å². The molecule has 2 rings (SSSR count). The number of carboxylic acid groups (broad SMARTS) is 1. The van der Waals surface area contributed by atoms with Crippen molar-refractivity contribution in [3.8, 4) is 11.4 Å². The summed E-state index contributed by atoms with van der Waals surface area (Å²) in [5, 5.41) is 22.7. The molecular formula is C12H11ClN2O3. The van der Waals surface area contributed by atoms with Crippen LogP contribution in [-0.4, -0.2) is 26.0 Å². The molecule has 1 aromatic carbocycles. The first-order valence-electron chi connectivity index (χ1n) is 5.34. The van der Waals surface area contributed by atoms with Gasteiger partial charge in [-0.2, -0.15) is 5.10 Å². The predicted octanol–water partition coefficient (Wildman–Crippen LogP) is 2.49. The van der Waals surface area contributed by atoms with Gasteiger partial charge in [0.1, 0.15) is 16.5 Å². The number of benzene rings is 1. The molecule has 94 valence electrons. The van der Waals surface area contributed by atoms with E-state index in [1.807, 2.05) is 0 Å². The summed E-state index contributed by atoms with van der Waals surface area (Å²) in [5.41, 5.74) is 0.931. The first kappa shape index (κ1) is 12.4. The van der Waals surface area contributed by atoms with Crippen LogP contribution in [0.5, 0.6) is 5.75 Å². The fourth-order valence-electron chi connectivity index (χ4n) is 1.69. The fourth-order valence-corrected chi connectivity index (χ4v) is 2.02. The van der Waals surface area contributed by atoms with Crippen LogP contribution in [0.15, 0.2) is 24.3 Å². The lowest BCUT2D eigenvalue weighted by Crippen LogP contribution is -1.99. The molecule has 0 radical (unpaired) electrons. The number of rotatable bonds is 3. The van der Waals surface area contributed by atoms with Gasteiger partial charge in [-0.1, -0.05) is 24.6 Å². The molecule has 0 bridgehead atoms. The van der Waals surface area contributed by atoms with Gasteiger partial charge in [0.25, 0.3) is 0 Å². The molecule has 0 saturated heterocycles. The third kappa shape index (κ3) is 2.04. The largest absolute Gasteiger partial charge is 0.508 e. The number of carbonyl (C=O) groups is 1. The van der Waals surface area contributed by atoms with Crippen LogP contribution in [0.2, 0.25) is 5.15 Å². The SMILES string of the molecule is CCc1nn(-c2cccc(O)c2)c(Cl)c1C(=O)O. The Hall–Kier alpha value is -2.01. The maximum atomic E-state index is 11.1. The molecule has 18 heavy (non-hydrogen) atoms. The number of aryl methyl sites for hydroxylation is 1. The minimum Gasteiger partial charge on any atom is -0.508 e. The van der Waals surface area contributed by atoms with Crippen LogP contribution in [0.4, 0.5) is 0 Å². The molecule has 0 atom stereocenters. The first-order chi connectivity index (χ1) is 8.54. The number of phenolic OH excluding ortho intramolecular Hbond substituents is 1. The highest BCUT2D eigenvalue weighted by molar-refractivity contribution is 6.32. The van der Waals surface area contributed by atoms with Crippen LogP contribution in [0, 0.1) is 0 Å². The number of phenols is 1. The molecule has 2 aromatic rings. The Morgan fingerprint density at radius 3 is 2.72 bits per heavy atom. The number of carboxylic acids is 1. The molecule has 0 aliphatic heterocycles. The van der Waals surface area contributed by atoms with E-state index < -0.39 is 5.97 Å². The second kappa shape index (κ2) is 4.70. The van der Waals surface area contributed by atoms with E-state index in [0.29, 0.717) is 17.8 Å². The van der Waals surface area contributed by atoms with Gasteiger partial charge >= 0.3 is 5.97 Å². The zero-order valence-corrected chi connectivity index (χ0v) is 10.3. The van der Waals surface area contributed by atoms with Crippen LogP contribution in [0.25, 0.3) is 5.69 Å². The van der Waals surface area contributed by atoms with Gasteiger partial charge < -0.3 is 10.2 Å². The lowest BCUT2D eigenvalue weighted by atomic mass is 10.2. The normalized spacial score (nSPS) is 10.6. The number of hydrogen-bond acceptors (Lipinski definition) is 3. The molecule has 6 heteroatoms. The maximum Gasteiger partial charge on any atom is 0.340 e. The van der Waals surface area contributed by atoms with Gasteiger partial charge in [-0.25, -0.2) is 9.48 Å². The van der Waals surface area contributed by atoms with Crippen molar-refractivity contribution in [2.45, 2.75) is 13.3 Å². The van der Waals surface area contributed by atoms with Crippen LogP contribution >= 0.6 is 11.6 Å². The molecule has 1 heterocycles. The van der Waals surface area contributed by atoms with Crippen molar-refractivity contribution in [3.05, 3.63) is 40.7 Å². The molecule has 0 fully saturated rings. The number of nitrogens with zero attached hydrogens (tertiary/aromatic N) is 2. The number of hydrogen-bond donors (Lipinski definition) is 2. The lowest BCUT2D eigenvalue weighted by molar-refractivity contribution is 0.0696. The summed E-state index contributed by atoms with van der Waals surface area (Å²) in [5.74, 6) is -1.04. The molecule has 0 spiro atoms. The monoisotopic (exact) mass is 266 g/mol. The zero-order valence-electron chi connectivity index (χ0n) is 9.59. The third-order valence-corrected chi connectivity index (χ3v) is 2.87. The van der Waals surface area contributed by atoms with Gasteiger partial charge in [0.2, 0.25) is 0 Å². The van der Waals surface area contributed by atoms with Gasteiger partial charge in [0.05, 0.1) is 11.4 Å². The lowest BCUT2D eigenvalue weighted by Gasteiger charge is -2.03. The Labute approximate surface area is 108 Å². The number of aromatic carboxylic acids is 1. The summed E-state index contributed by atoms with van der Waals surface area (Å²) >= 11 is 6.03. The average Bonchev–Trinajstić information content (AvgIpc) is 2.66. The maximum absolute atomic E-state index is 11.1. The summed E-state index contributed by atoms with van der Waals surface area (Å²) in [6, 6.07) is 6.29. The molecule has 5 nitrogen and oxygen atoms in total. The Morgan fingerprint density at radius 1 is 1.50 bits per heavy atom. The molecule has 1 aromatic heterocycles. The number of aromatic nitrogens is 2. The van der Waals surface area contributed by atoms with Crippen molar-refractivity contribution in [1.29, 1.82) is 0 Å². The molecular weight excluding hydrogens is 256 g/mol. The van der Waals surface area contributed by atoms with Gasteiger partial charge in [-0.3, -0.25) is 0 Å². The Kier molecular flexibility index (Phi) is 3.25. The standard InChI is InChI=1S/C12H11ClN2O3/c1-2-9-10(12(17)18)11(13)15(14-9)7-4-3-5-8(16)6-7/h3-6,16H,2H2,1H3,(H,17,18). The van der Waals surface area contributed by atoms with E-state index in [9.17, 15) is 9.90 Å². The van der Waals surface area contributed by atoms with Crippen LogP contribution in [0.1, 0.15) is 23.0 Å². The van der Waals surface area contributed by atoms with E-state index in [0.717, 1.165) is 0 Å². The van der Waals surface area contributed by atoms with Crippen molar-refractivity contribution in [2.75, 3.05) is 0 Å². The average molecular weight is 267 g/mol. The molecule has 0 aliphatic rings. The number of aromatic hydroxyl groups is 1. The second-order valence-electron chi connectivity index (χ2n) is 3.70. The quantitative estimate of drug-likeness (QED) is 0.895. The van der Waals surface area contributed by atoms with Gasteiger partial charge in [0, 0.05) is 6.07 Å². The van der Waals surface area contributed by atoms with E-state index in [1.165, 1.54) is 16.8 Å². The minimum atomic E-state index is -1.11. The summed E-state index contributed by atoms with van der Waals surface area (Å²) in [6.45, 7) is 1.80. The topological polar surface area (TPSA) is 75.3 Å². The minimum absolute atomic E-state index is 0.00232. The van der Waals surface area contributed by atoms with Crippen molar-refractivity contribution in [2.24, 2.45) is 0 Å². The molecule has 0 unspecified atom stereocenters. The smallest absolute Gasteiger partial charge is 0.340 e. The van der Waals surface area contributed by atoms with Crippen molar-refractivity contribution < 1.29 is 15.0 Å². The highest BCUT2D eigenvalue weighted by Gasteiger charge is 2.21. The first-order valence-corrected chi connectivity index (χ1v) is 5.72. The Bertz CT molecular complexity index is 607. The van der Waals surface area contributed by atoms with Crippen molar-refractivity contribution >= 4 is 17.6 Å². The van der Waals surface area contributed by atoms with E-state index in [4.69, 9.17) is 16.7 Å². The summed E-state index contributed by atoms with van der Waals surface area (Å²) in [6.07, 6.45) is 0.465. The Balaban J connectivity index is 2.63.